The first kappa shape index (κ1) is 17.4. The molecule has 0 unspecified atom stereocenters. The van der Waals surface area contributed by atoms with Crippen molar-refractivity contribution in [3.63, 3.8) is 0 Å². The number of hydrogen-bond acceptors (Lipinski definition) is 3. The Balaban J connectivity index is 1.74. The number of aryl methyl sites for hydroxylation is 1. The lowest BCUT2D eigenvalue weighted by Crippen LogP contribution is -2.32. The number of aromatic nitrogens is 2. The van der Waals surface area contributed by atoms with Crippen molar-refractivity contribution >= 4 is 23.5 Å². The van der Waals surface area contributed by atoms with Crippen LogP contribution in [0.1, 0.15) is 19.8 Å². The Kier molecular flexibility index (Phi) is 7.00. The van der Waals surface area contributed by atoms with Crippen LogP contribution in [0.2, 0.25) is 0 Å². The van der Waals surface area contributed by atoms with Crippen molar-refractivity contribution in [2.75, 3.05) is 24.7 Å². The molecule has 0 aliphatic carbocycles. The van der Waals surface area contributed by atoms with E-state index < -0.39 is 0 Å². The second-order valence-electron chi connectivity index (χ2n) is 5.35. The van der Waals surface area contributed by atoms with Crippen LogP contribution >= 0.6 is 11.8 Å². The Morgan fingerprint density at radius 1 is 1.35 bits per heavy atom. The smallest absolute Gasteiger partial charge is 0.321 e. The van der Waals surface area contributed by atoms with Gasteiger partial charge in [-0.3, -0.25) is 4.68 Å². The molecule has 5 nitrogen and oxygen atoms in total. The van der Waals surface area contributed by atoms with E-state index in [9.17, 15) is 4.79 Å². The van der Waals surface area contributed by atoms with Crippen molar-refractivity contribution in [1.29, 1.82) is 0 Å². The molecule has 0 aliphatic heterocycles. The number of nitrogens with one attached hydrogen (secondary N) is 1. The van der Waals surface area contributed by atoms with E-state index in [0.29, 0.717) is 6.54 Å². The summed E-state index contributed by atoms with van der Waals surface area (Å²) >= 11 is 1.83. The Hall–Kier alpha value is -1.95. The van der Waals surface area contributed by atoms with Crippen molar-refractivity contribution in [2.24, 2.45) is 0 Å². The van der Waals surface area contributed by atoms with Crippen molar-refractivity contribution in [3.8, 4) is 0 Å². The second-order valence-corrected chi connectivity index (χ2v) is 6.52. The van der Waals surface area contributed by atoms with E-state index in [4.69, 9.17) is 0 Å². The molecule has 0 bridgehead atoms. The molecule has 0 radical (unpaired) electrons. The van der Waals surface area contributed by atoms with Gasteiger partial charge in [0, 0.05) is 43.1 Å². The summed E-state index contributed by atoms with van der Waals surface area (Å²) in [4.78, 5) is 15.1. The van der Waals surface area contributed by atoms with E-state index in [1.807, 2.05) is 60.0 Å². The van der Waals surface area contributed by atoms with E-state index >= 15 is 0 Å². The minimum atomic E-state index is -0.0839. The lowest BCUT2D eigenvalue weighted by atomic mass is 10.3. The molecule has 0 fully saturated rings. The Labute approximate surface area is 142 Å². The van der Waals surface area contributed by atoms with Crippen LogP contribution in [0.3, 0.4) is 0 Å². The molecule has 2 rings (SSSR count). The highest BCUT2D eigenvalue weighted by Gasteiger charge is 2.08. The fraction of sp³-hybridized carbons (Fsp3) is 0.412. The van der Waals surface area contributed by atoms with Crippen LogP contribution in [0.15, 0.2) is 47.6 Å². The molecule has 1 N–H and O–H groups in total. The van der Waals surface area contributed by atoms with E-state index in [0.717, 1.165) is 30.8 Å². The van der Waals surface area contributed by atoms with Crippen LogP contribution in [-0.4, -0.2) is 40.1 Å². The van der Waals surface area contributed by atoms with E-state index in [1.165, 1.54) is 4.90 Å². The molecule has 124 valence electrons. The summed E-state index contributed by atoms with van der Waals surface area (Å²) in [5.41, 5.74) is 0.828. The van der Waals surface area contributed by atoms with Crippen LogP contribution in [0.25, 0.3) is 0 Å². The number of nitrogens with zero attached hydrogens (tertiary/aromatic N) is 3. The number of carbonyl (C=O) groups is 1. The minimum absolute atomic E-state index is 0.0839. The van der Waals surface area contributed by atoms with Crippen molar-refractivity contribution in [3.05, 3.63) is 42.7 Å². The maximum atomic E-state index is 12.1. The molecule has 6 heteroatoms. The number of thioether (sulfide) groups is 1. The van der Waals surface area contributed by atoms with Crippen molar-refractivity contribution in [2.45, 2.75) is 31.2 Å². The van der Waals surface area contributed by atoms with E-state index in [2.05, 4.69) is 17.3 Å². The van der Waals surface area contributed by atoms with Gasteiger partial charge in [-0.25, -0.2) is 4.79 Å². The normalized spacial score (nSPS) is 10.5. The Morgan fingerprint density at radius 2 is 2.13 bits per heavy atom. The zero-order valence-electron chi connectivity index (χ0n) is 13.7. The molecule has 0 atom stereocenters. The Bertz CT molecular complexity index is 583. The molecule has 2 aromatic rings. The second kappa shape index (κ2) is 9.25. The number of anilines is 1. The average molecular weight is 332 g/mol. The number of carbonyl (C=O) groups excluding carboxylic acids is 1. The summed E-state index contributed by atoms with van der Waals surface area (Å²) in [5.74, 6) is 1.12. The molecule has 1 aromatic carbocycles. The first-order valence-electron chi connectivity index (χ1n) is 7.91. The van der Waals surface area contributed by atoms with Gasteiger partial charge in [0.2, 0.25) is 0 Å². The molecule has 0 aliphatic rings. The van der Waals surface area contributed by atoms with Crippen molar-refractivity contribution in [1.82, 2.24) is 14.7 Å². The summed E-state index contributed by atoms with van der Waals surface area (Å²) in [6.07, 6.45) is 5.72. The van der Waals surface area contributed by atoms with Gasteiger partial charge in [0.25, 0.3) is 0 Å². The highest BCUT2D eigenvalue weighted by Crippen LogP contribution is 2.20. The molecule has 0 saturated carbocycles. The predicted molar refractivity (Wildman–Crippen MR) is 95.9 cm³/mol. The fourth-order valence-corrected chi connectivity index (χ4v) is 2.85. The lowest BCUT2D eigenvalue weighted by molar-refractivity contribution is 0.221. The minimum Gasteiger partial charge on any atom is -0.328 e. The van der Waals surface area contributed by atoms with Crippen LogP contribution in [-0.2, 0) is 6.54 Å². The van der Waals surface area contributed by atoms with E-state index in [1.54, 1.807) is 11.1 Å². The summed E-state index contributed by atoms with van der Waals surface area (Å²) < 4.78 is 1.87. The molecule has 1 aromatic heterocycles. The monoisotopic (exact) mass is 332 g/mol. The molecule has 23 heavy (non-hydrogen) atoms. The predicted octanol–water partition coefficient (Wildman–Crippen LogP) is 3.94. The topological polar surface area (TPSA) is 50.2 Å². The van der Waals surface area contributed by atoms with Crippen LogP contribution in [0, 0.1) is 0 Å². The third kappa shape index (κ3) is 5.98. The number of hydrogen-bond donors (Lipinski definition) is 1. The molecular weight excluding hydrogens is 308 g/mol. The standard InChI is InChI=1S/C17H24N4OS/c1-3-14-23-16-8-6-15(7-9-16)19-17(22)20(2)11-5-13-21-12-4-10-18-21/h4,6-10,12H,3,5,11,13-14H2,1-2H3,(H,19,22). The highest BCUT2D eigenvalue weighted by atomic mass is 32.2. The van der Waals surface area contributed by atoms with Crippen LogP contribution in [0.4, 0.5) is 10.5 Å². The summed E-state index contributed by atoms with van der Waals surface area (Å²) in [5, 5.41) is 7.07. The number of benzene rings is 1. The van der Waals surface area contributed by atoms with Crippen LogP contribution in [0.5, 0.6) is 0 Å². The largest absolute Gasteiger partial charge is 0.328 e. The van der Waals surface area contributed by atoms with Gasteiger partial charge in [0.1, 0.15) is 0 Å². The maximum absolute atomic E-state index is 12.1. The van der Waals surface area contributed by atoms with Gasteiger partial charge in [-0.05, 0) is 48.9 Å². The molecule has 0 saturated heterocycles. The van der Waals surface area contributed by atoms with Gasteiger partial charge < -0.3 is 10.2 Å². The third-order valence-corrected chi connectivity index (χ3v) is 4.58. The molecule has 2 amide bonds. The quantitative estimate of drug-likeness (QED) is 0.745. The Morgan fingerprint density at radius 3 is 2.78 bits per heavy atom. The maximum Gasteiger partial charge on any atom is 0.321 e. The average Bonchev–Trinajstić information content (AvgIpc) is 3.07. The van der Waals surface area contributed by atoms with Gasteiger partial charge >= 0.3 is 6.03 Å². The summed E-state index contributed by atoms with van der Waals surface area (Å²) in [7, 11) is 1.81. The lowest BCUT2D eigenvalue weighted by Gasteiger charge is -2.18. The number of amides is 2. The first-order chi connectivity index (χ1) is 11.2. The van der Waals surface area contributed by atoms with Crippen LogP contribution < -0.4 is 5.32 Å². The zero-order valence-corrected chi connectivity index (χ0v) is 14.6. The first-order valence-corrected chi connectivity index (χ1v) is 8.90. The van der Waals surface area contributed by atoms with Crippen molar-refractivity contribution < 1.29 is 4.79 Å². The molecular formula is C17H24N4OS. The molecule has 1 heterocycles. The summed E-state index contributed by atoms with van der Waals surface area (Å²) in [6, 6.07) is 9.82. The van der Waals surface area contributed by atoms with E-state index in [-0.39, 0.29) is 6.03 Å². The highest BCUT2D eigenvalue weighted by molar-refractivity contribution is 7.99. The van der Waals surface area contributed by atoms with Gasteiger partial charge in [-0.15, -0.1) is 11.8 Å². The van der Waals surface area contributed by atoms with Gasteiger partial charge in [-0.1, -0.05) is 6.92 Å². The third-order valence-electron chi connectivity index (χ3n) is 3.37. The number of rotatable bonds is 8. The van der Waals surface area contributed by atoms with Gasteiger partial charge in [-0.2, -0.15) is 5.10 Å². The zero-order chi connectivity index (χ0) is 16.5. The number of urea groups is 1. The van der Waals surface area contributed by atoms with Gasteiger partial charge in [0.05, 0.1) is 0 Å². The molecule has 0 spiro atoms. The summed E-state index contributed by atoms with van der Waals surface area (Å²) in [6.45, 7) is 3.67. The fourth-order valence-electron chi connectivity index (χ4n) is 2.08. The van der Waals surface area contributed by atoms with Gasteiger partial charge in [0.15, 0.2) is 0 Å². The SMILES string of the molecule is CCCSc1ccc(NC(=O)N(C)CCCn2cccn2)cc1.